The number of benzene rings is 1. The van der Waals surface area contributed by atoms with E-state index in [4.69, 9.17) is 4.74 Å². The van der Waals surface area contributed by atoms with Gasteiger partial charge in [0.2, 0.25) is 5.95 Å². The molecule has 0 radical (unpaired) electrons. The van der Waals surface area contributed by atoms with Gasteiger partial charge in [-0.15, -0.1) is 5.53 Å². The lowest BCUT2D eigenvalue weighted by molar-refractivity contribution is 0.260. The third-order valence-electron chi connectivity index (χ3n) is 6.33. The Morgan fingerprint density at radius 3 is 2.70 bits per heavy atom. The molecule has 9 nitrogen and oxygen atoms in total. The largest absolute Gasteiger partial charge is 0.494 e. The summed E-state index contributed by atoms with van der Waals surface area (Å²) in [6.45, 7) is 7.06. The van der Waals surface area contributed by atoms with Crippen molar-refractivity contribution in [2.45, 2.75) is 45.7 Å². The number of aromatic nitrogens is 2. The van der Waals surface area contributed by atoms with E-state index in [9.17, 15) is 9.65 Å². The lowest BCUT2D eigenvalue weighted by atomic mass is 9.96. The van der Waals surface area contributed by atoms with Crippen molar-refractivity contribution >= 4 is 22.3 Å². The number of pyridine rings is 2. The number of nitrogens with one attached hydrogen (secondary N) is 4. The quantitative estimate of drug-likeness (QED) is 0.329. The summed E-state index contributed by atoms with van der Waals surface area (Å²) in [7, 11) is 1.60. The topological polar surface area (TPSA) is 110 Å². The highest BCUT2D eigenvalue weighted by molar-refractivity contribution is 5.99. The summed E-state index contributed by atoms with van der Waals surface area (Å²) in [5.74, 6) is 0.0380. The van der Waals surface area contributed by atoms with Gasteiger partial charge in [-0.05, 0) is 36.0 Å². The van der Waals surface area contributed by atoms with E-state index in [1.54, 1.807) is 19.4 Å². The first-order chi connectivity index (χ1) is 17.8. The number of hydrazine groups is 2. The summed E-state index contributed by atoms with van der Waals surface area (Å²) in [6.07, 6.45) is 7.40. The number of fused-ring (bicyclic) bond motifs is 1. The van der Waals surface area contributed by atoms with E-state index < -0.39 is 5.95 Å². The number of methoxy groups -OCH3 is 1. The van der Waals surface area contributed by atoms with Gasteiger partial charge in [-0.3, -0.25) is 9.99 Å². The van der Waals surface area contributed by atoms with E-state index in [1.807, 2.05) is 18.3 Å². The van der Waals surface area contributed by atoms with Crippen LogP contribution in [-0.2, 0) is 0 Å². The highest BCUT2D eigenvalue weighted by atomic mass is 19.1. The molecule has 0 amide bonds. The maximum atomic E-state index is 13.6. The maximum absolute atomic E-state index is 13.6. The summed E-state index contributed by atoms with van der Waals surface area (Å²) in [5.41, 5.74) is 10.7. The molecule has 192 valence electrons. The van der Waals surface area contributed by atoms with Crippen LogP contribution in [0.3, 0.4) is 0 Å². The number of halogens is 1. The van der Waals surface area contributed by atoms with Gasteiger partial charge < -0.3 is 20.8 Å². The predicted octanol–water partition coefficient (Wildman–Crippen LogP) is 4.59. The Labute approximate surface area is 215 Å². The van der Waals surface area contributed by atoms with Crippen LogP contribution in [0.4, 0.5) is 15.8 Å². The van der Waals surface area contributed by atoms with E-state index in [-0.39, 0.29) is 11.5 Å². The fraction of sp³-hybridized carbons (Fsp3) is 0.370. The van der Waals surface area contributed by atoms with E-state index in [0.29, 0.717) is 35.1 Å². The van der Waals surface area contributed by atoms with Crippen LogP contribution in [0.25, 0.3) is 10.9 Å². The van der Waals surface area contributed by atoms with E-state index in [1.165, 1.54) is 12.3 Å². The van der Waals surface area contributed by atoms with Gasteiger partial charge in [-0.2, -0.15) is 9.65 Å². The Balaban J connectivity index is 1.57. The second kappa shape index (κ2) is 9.75. The first-order valence-corrected chi connectivity index (χ1v) is 12.3. The Kier molecular flexibility index (Phi) is 6.48. The molecule has 3 heterocycles. The van der Waals surface area contributed by atoms with Crippen molar-refractivity contribution in [1.29, 1.82) is 5.26 Å². The minimum absolute atomic E-state index is 0.00396. The van der Waals surface area contributed by atoms with Crippen molar-refractivity contribution in [2.75, 3.05) is 24.3 Å². The van der Waals surface area contributed by atoms with Gasteiger partial charge in [0.05, 0.1) is 30.1 Å². The van der Waals surface area contributed by atoms with E-state index >= 15 is 0 Å². The lowest BCUT2D eigenvalue weighted by Crippen LogP contribution is -2.38. The highest BCUT2D eigenvalue weighted by Gasteiger charge is 2.32. The molecule has 2 aliphatic rings. The van der Waals surface area contributed by atoms with Crippen molar-refractivity contribution < 1.29 is 9.13 Å². The Morgan fingerprint density at radius 2 is 2.05 bits per heavy atom. The molecule has 0 spiro atoms. The summed E-state index contributed by atoms with van der Waals surface area (Å²) >= 11 is 0. The van der Waals surface area contributed by atoms with Crippen LogP contribution >= 0.6 is 0 Å². The van der Waals surface area contributed by atoms with Crippen molar-refractivity contribution in [3.05, 3.63) is 65.6 Å². The number of nitriles is 1. The van der Waals surface area contributed by atoms with Crippen molar-refractivity contribution in [3.63, 3.8) is 0 Å². The minimum Gasteiger partial charge on any atom is -0.494 e. The molecule has 1 aliphatic carbocycles. The smallest absolute Gasteiger partial charge is 0.212 e. The molecule has 0 saturated heterocycles. The summed E-state index contributed by atoms with van der Waals surface area (Å²) in [6, 6.07) is 9.26. The second-order valence-electron chi connectivity index (χ2n) is 10.6. The average Bonchev–Trinajstić information content (AvgIpc) is 3.62. The van der Waals surface area contributed by atoms with Crippen LogP contribution in [0.2, 0.25) is 0 Å². The molecule has 5 rings (SSSR count). The molecule has 3 aromatic rings. The Hall–Kier alpha value is -4.10. The standard InChI is InChI=1S/C27H31FN8O/c1-27(2,3)15-32-24-17(11-29)13-31-26-20(24)9-18(10-22(26)37-4)33-25(16-5-8-23(28)30-12-16)21-14-36(35-34-21)19-6-7-19/h5,8-10,12-14,19,25,33-35H,6-7,15H2,1-4H3,(H,31,32)/t25-/m1/s1. The normalized spacial score (nSPS) is 16.1. The molecule has 4 N–H and O–H groups in total. The first kappa shape index (κ1) is 24.6. The van der Waals surface area contributed by atoms with Crippen LogP contribution in [0, 0.1) is 22.7 Å². The molecule has 1 aromatic carbocycles. The molecule has 1 aliphatic heterocycles. The Morgan fingerprint density at radius 1 is 1.24 bits per heavy atom. The summed E-state index contributed by atoms with van der Waals surface area (Å²) in [4.78, 5) is 8.39. The van der Waals surface area contributed by atoms with Gasteiger partial charge in [0.25, 0.3) is 0 Å². The molecule has 37 heavy (non-hydrogen) atoms. The number of nitrogens with zero attached hydrogens (tertiary/aromatic N) is 4. The van der Waals surface area contributed by atoms with Crippen LogP contribution in [-0.4, -0.2) is 34.7 Å². The number of ether oxygens (including phenoxy) is 1. The van der Waals surface area contributed by atoms with Gasteiger partial charge in [0.1, 0.15) is 17.3 Å². The van der Waals surface area contributed by atoms with Crippen molar-refractivity contribution in [2.24, 2.45) is 5.41 Å². The van der Waals surface area contributed by atoms with E-state index in [2.05, 4.69) is 63.4 Å². The number of hydrogen-bond acceptors (Lipinski definition) is 9. The first-order valence-electron chi connectivity index (χ1n) is 12.3. The van der Waals surface area contributed by atoms with Crippen LogP contribution in [0.5, 0.6) is 5.75 Å². The average molecular weight is 503 g/mol. The molecule has 1 saturated carbocycles. The molecule has 10 heteroatoms. The highest BCUT2D eigenvalue weighted by Crippen LogP contribution is 2.38. The van der Waals surface area contributed by atoms with Crippen LogP contribution in [0.1, 0.15) is 50.8 Å². The van der Waals surface area contributed by atoms with Gasteiger partial charge in [0, 0.05) is 48.3 Å². The van der Waals surface area contributed by atoms with Crippen LogP contribution < -0.4 is 26.3 Å². The zero-order chi connectivity index (χ0) is 26.2. The third-order valence-corrected chi connectivity index (χ3v) is 6.33. The molecular formula is C27H31FN8O. The lowest BCUT2D eigenvalue weighted by Gasteiger charge is -2.23. The molecule has 0 bridgehead atoms. The monoisotopic (exact) mass is 502 g/mol. The second-order valence-corrected chi connectivity index (χ2v) is 10.6. The summed E-state index contributed by atoms with van der Waals surface area (Å²) < 4.78 is 19.3. The fourth-order valence-corrected chi connectivity index (χ4v) is 4.24. The number of rotatable bonds is 8. The van der Waals surface area contributed by atoms with Crippen molar-refractivity contribution in [1.82, 2.24) is 25.9 Å². The summed E-state index contributed by atoms with van der Waals surface area (Å²) in [5, 5.41) is 19.6. The van der Waals surface area contributed by atoms with Gasteiger partial charge in [-0.1, -0.05) is 26.8 Å². The number of hydrogen-bond donors (Lipinski definition) is 4. The zero-order valence-electron chi connectivity index (χ0n) is 21.4. The molecule has 1 fully saturated rings. The van der Waals surface area contributed by atoms with Gasteiger partial charge in [-0.25, -0.2) is 4.98 Å². The van der Waals surface area contributed by atoms with Gasteiger partial charge >= 0.3 is 0 Å². The Bertz CT molecular complexity index is 1370. The minimum atomic E-state index is -0.536. The van der Waals surface area contributed by atoms with Gasteiger partial charge in [0.15, 0.2) is 0 Å². The SMILES string of the molecule is COc1cc(N[C@@H](C2=CN(C3CC3)NN2)c2ccc(F)nc2)cc2c(NCC(C)(C)C)c(C#N)cnc12. The van der Waals surface area contributed by atoms with Crippen LogP contribution in [0.15, 0.2) is 48.6 Å². The third kappa shape index (κ3) is 5.37. The zero-order valence-corrected chi connectivity index (χ0v) is 21.4. The molecule has 1 atom stereocenters. The maximum Gasteiger partial charge on any atom is 0.212 e. The molecule has 2 aromatic heterocycles. The molecule has 0 unspecified atom stereocenters. The van der Waals surface area contributed by atoms with E-state index in [0.717, 1.165) is 35.2 Å². The van der Waals surface area contributed by atoms with Crippen molar-refractivity contribution in [3.8, 4) is 11.8 Å². The number of anilines is 2. The molecular weight excluding hydrogens is 471 g/mol. The predicted molar refractivity (Wildman–Crippen MR) is 141 cm³/mol. The fourth-order valence-electron chi connectivity index (χ4n) is 4.24.